The molecule has 6 heteroatoms. The number of hydrogen-bond donors (Lipinski definition) is 1. The van der Waals surface area contributed by atoms with Crippen LogP contribution in [-0.2, 0) is 6.54 Å². The van der Waals surface area contributed by atoms with Gasteiger partial charge >= 0.3 is 0 Å². The van der Waals surface area contributed by atoms with Gasteiger partial charge in [0.1, 0.15) is 0 Å². The van der Waals surface area contributed by atoms with E-state index in [1.54, 1.807) is 23.2 Å². The minimum atomic E-state index is -0.337. The van der Waals surface area contributed by atoms with E-state index in [0.717, 1.165) is 15.6 Å². The van der Waals surface area contributed by atoms with Crippen LogP contribution >= 0.6 is 15.9 Å². The second kappa shape index (κ2) is 7.90. The summed E-state index contributed by atoms with van der Waals surface area (Å²) >= 11 is 3.45. The van der Waals surface area contributed by atoms with Gasteiger partial charge in [-0.05, 0) is 36.2 Å². The van der Waals surface area contributed by atoms with E-state index in [1.807, 2.05) is 55.5 Å². The normalized spacial score (nSPS) is 11.0. The van der Waals surface area contributed by atoms with Crippen molar-refractivity contribution < 1.29 is 4.79 Å². The molecule has 2 aromatic carbocycles. The molecule has 3 rings (SSSR count). The third-order valence-electron chi connectivity index (χ3n) is 3.56. The highest BCUT2D eigenvalue weighted by Crippen LogP contribution is 2.12. The van der Waals surface area contributed by atoms with Crippen molar-refractivity contribution in [3.05, 3.63) is 87.7 Å². The number of benzene rings is 2. The average molecular weight is 397 g/mol. The molecule has 0 aliphatic carbocycles. The van der Waals surface area contributed by atoms with E-state index in [2.05, 4.69) is 31.6 Å². The highest BCUT2D eigenvalue weighted by Gasteiger charge is 2.08. The zero-order valence-electron chi connectivity index (χ0n) is 13.7. The van der Waals surface area contributed by atoms with E-state index in [4.69, 9.17) is 0 Å². The van der Waals surface area contributed by atoms with Crippen LogP contribution in [0.15, 0.2) is 70.4 Å². The van der Waals surface area contributed by atoms with Gasteiger partial charge in [0.05, 0.1) is 12.8 Å². The Morgan fingerprint density at radius 2 is 2.04 bits per heavy atom. The van der Waals surface area contributed by atoms with Crippen molar-refractivity contribution in [1.82, 2.24) is 15.2 Å². The number of halogens is 1. The minimum Gasteiger partial charge on any atom is -0.268 e. The summed E-state index contributed by atoms with van der Waals surface area (Å²) in [4.78, 5) is 12.1. The smallest absolute Gasteiger partial charge is 0.268 e. The van der Waals surface area contributed by atoms with Gasteiger partial charge in [-0.25, -0.2) is 5.43 Å². The number of aromatic nitrogens is 2. The van der Waals surface area contributed by atoms with Crippen LogP contribution in [0.1, 0.15) is 27.2 Å². The highest BCUT2D eigenvalue weighted by molar-refractivity contribution is 9.10. The van der Waals surface area contributed by atoms with E-state index >= 15 is 0 Å². The molecule has 0 radical (unpaired) electrons. The molecule has 0 unspecified atom stereocenters. The standard InChI is InChI=1S/C19H17BrN4O/c1-14-5-7-15(8-6-14)12-21-22-19(25)18-9-10-24(23-18)13-16-3-2-4-17(20)11-16/h2-12H,13H2,1H3,(H,22,25)/b21-12-. The third kappa shape index (κ3) is 4.87. The quantitative estimate of drug-likeness (QED) is 0.527. The molecule has 0 aliphatic rings. The summed E-state index contributed by atoms with van der Waals surface area (Å²) in [6.45, 7) is 2.62. The number of rotatable bonds is 5. The lowest BCUT2D eigenvalue weighted by atomic mass is 10.2. The molecule has 1 amide bonds. The minimum absolute atomic E-state index is 0.330. The SMILES string of the molecule is Cc1ccc(/C=N\NC(=O)c2ccn(Cc3cccc(Br)c3)n2)cc1. The van der Waals surface area contributed by atoms with Gasteiger partial charge in [-0.1, -0.05) is 57.9 Å². The van der Waals surface area contributed by atoms with Gasteiger partial charge in [0.15, 0.2) is 5.69 Å². The molecule has 3 aromatic rings. The molecule has 0 fully saturated rings. The summed E-state index contributed by atoms with van der Waals surface area (Å²) < 4.78 is 2.74. The first-order valence-electron chi connectivity index (χ1n) is 7.78. The van der Waals surface area contributed by atoms with Crippen LogP contribution < -0.4 is 5.43 Å². The van der Waals surface area contributed by atoms with E-state index in [-0.39, 0.29) is 5.91 Å². The van der Waals surface area contributed by atoms with Gasteiger partial charge in [0.2, 0.25) is 0 Å². The lowest BCUT2D eigenvalue weighted by Crippen LogP contribution is -2.18. The third-order valence-corrected chi connectivity index (χ3v) is 4.06. The molecule has 1 aromatic heterocycles. The number of aryl methyl sites for hydroxylation is 1. The molecule has 0 saturated heterocycles. The molecule has 5 nitrogen and oxygen atoms in total. The maximum atomic E-state index is 12.1. The number of hydrazone groups is 1. The molecule has 25 heavy (non-hydrogen) atoms. The predicted octanol–water partition coefficient (Wildman–Crippen LogP) is 3.77. The first kappa shape index (κ1) is 17.1. The van der Waals surface area contributed by atoms with Crippen molar-refractivity contribution >= 4 is 28.1 Å². The van der Waals surface area contributed by atoms with Crippen LogP contribution in [0.5, 0.6) is 0 Å². The largest absolute Gasteiger partial charge is 0.291 e. The Labute approximate surface area is 154 Å². The molecular formula is C19H17BrN4O. The Balaban J connectivity index is 1.59. The molecule has 0 bridgehead atoms. The van der Waals surface area contributed by atoms with E-state index in [1.165, 1.54) is 5.56 Å². The molecule has 0 spiro atoms. The van der Waals surface area contributed by atoms with Crippen molar-refractivity contribution in [2.24, 2.45) is 5.10 Å². The number of amides is 1. The van der Waals surface area contributed by atoms with Crippen LogP contribution in [-0.4, -0.2) is 21.9 Å². The number of carbonyl (C=O) groups is 1. The lowest BCUT2D eigenvalue weighted by Gasteiger charge is -2.02. The number of nitrogens with one attached hydrogen (secondary N) is 1. The van der Waals surface area contributed by atoms with Crippen LogP contribution in [0.3, 0.4) is 0 Å². The Morgan fingerprint density at radius 3 is 2.80 bits per heavy atom. The summed E-state index contributed by atoms with van der Waals surface area (Å²) in [5, 5.41) is 8.26. The van der Waals surface area contributed by atoms with E-state index in [0.29, 0.717) is 12.2 Å². The van der Waals surface area contributed by atoms with Crippen LogP contribution in [0.25, 0.3) is 0 Å². The molecule has 126 valence electrons. The summed E-state index contributed by atoms with van der Waals surface area (Å²) in [6.07, 6.45) is 3.38. The van der Waals surface area contributed by atoms with Crippen molar-refractivity contribution in [3.63, 3.8) is 0 Å². The van der Waals surface area contributed by atoms with Crippen molar-refractivity contribution in [1.29, 1.82) is 0 Å². The Hall–Kier alpha value is -2.73. The lowest BCUT2D eigenvalue weighted by molar-refractivity contribution is 0.0949. The molecule has 0 aliphatic heterocycles. The van der Waals surface area contributed by atoms with E-state index in [9.17, 15) is 4.79 Å². The molecular weight excluding hydrogens is 380 g/mol. The Morgan fingerprint density at radius 1 is 1.24 bits per heavy atom. The molecule has 0 saturated carbocycles. The van der Waals surface area contributed by atoms with Gasteiger partial charge in [0.25, 0.3) is 5.91 Å². The van der Waals surface area contributed by atoms with E-state index < -0.39 is 0 Å². The topological polar surface area (TPSA) is 59.3 Å². The fraction of sp³-hybridized carbons (Fsp3) is 0.105. The number of nitrogens with zero attached hydrogens (tertiary/aromatic N) is 3. The molecule has 1 N–H and O–H groups in total. The first-order chi connectivity index (χ1) is 12.1. The summed E-state index contributed by atoms with van der Waals surface area (Å²) in [6, 6.07) is 17.5. The predicted molar refractivity (Wildman–Crippen MR) is 102 cm³/mol. The number of carbonyl (C=O) groups excluding carboxylic acids is 1. The highest BCUT2D eigenvalue weighted by atomic mass is 79.9. The van der Waals surface area contributed by atoms with Crippen molar-refractivity contribution in [2.45, 2.75) is 13.5 Å². The monoisotopic (exact) mass is 396 g/mol. The summed E-state index contributed by atoms with van der Waals surface area (Å²) in [5.74, 6) is -0.337. The summed E-state index contributed by atoms with van der Waals surface area (Å²) in [7, 11) is 0. The van der Waals surface area contributed by atoms with Gasteiger partial charge in [0, 0.05) is 10.7 Å². The second-order valence-electron chi connectivity index (χ2n) is 5.64. The maximum absolute atomic E-state index is 12.1. The maximum Gasteiger partial charge on any atom is 0.291 e. The van der Waals surface area contributed by atoms with Gasteiger partial charge in [-0.3, -0.25) is 9.48 Å². The van der Waals surface area contributed by atoms with Crippen molar-refractivity contribution in [2.75, 3.05) is 0 Å². The van der Waals surface area contributed by atoms with Gasteiger partial charge in [-0.2, -0.15) is 10.2 Å². The fourth-order valence-electron chi connectivity index (χ4n) is 2.27. The fourth-order valence-corrected chi connectivity index (χ4v) is 2.72. The van der Waals surface area contributed by atoms with Crippen LogP contribution in [0.2, 0.25) is 0 Å². The Bertz CT molecular complexity index is 900. The van der Waals surface area contributed by atoms with Crippen LogP contribution in [0.4, 0.5) is 0 Å². The summed E-state index contributed by atoms with van der Waals surface area (Å²) in [5.41, 5.74) is 6.02. The van der Waals surface area contributed by atoms with Gasteiger partial charge < -0.3 is 0 Å². The molecule has 1 heterocycles. The first-order valence-corrected chi connectivity index (χ1v) is 8.57. The zero-order chi connectivity index (χ0) is 17.6. The van der Waals surface area contributed by atoms with Crippen molar-refractivity contribution in [3.8, 4) is 0 Å². The number of hydrogen-bond acceptors (Lipinski definition) is 3. The van der Waals surface area contributed by atoms with Gasteiger partial charge in [-0.15, -0.1) is 0 Å². The zero-order valence-corrected chi connectivity index (χ0v) is 15.3. The Kier molecular flexibility index (Phi) is 5.40. The van der Waals surface area contributed by atoms with Crippen LogP contribution in [0, 0.1) is 6.92 Å². The molecule has 0 atom stereocenters. The average Bonchev–Trinajstić information content (AvgIpc) is 3.05. The second-order valence-corrected chi connectivity index (χ2v) is 6.55.